The quantitative estimate of drug-likeness (QED) is 0.221. The highest BCUT2D eigenvalue weighted by atomic mass is 16.6. The third kappa shape index (κ3) is 4.30. The first-order valence-electron chi connectivity index (χ1n) is 8.82. The molecule has 0 radical (unpaired) electrons. The molecular formula is C20H18N2O7. The number of nitro groups is 1. The molecule has 0 saturated heterocycles. The minimum absolute atomic E-state index is 0.103. The Morgan fingerprint density at radius 2 is 1.86 bits per heavy atom. The van der Waals surface area contributed by atoms with Gasteiger partial charge in [-0.05, 0) is 30.2 Å². The van der Waals surface area contributed by atoms with Crippen LogP contribution in [0.15, 0.2) is 42.5 Å². The van der Waals surface area contributed by atoms with Crippen LogP contribution in [-0.2, 0) is 16.1 Å². The van der Waals surface area contributed by atoms with Gasteiger partial charge < -0.3 is 9.47 Å². The number of fused-ring (bicyclic) bond motifs is 1. The van der Waals surface area contributed by atoms with Crippen molar-refractivity contribution >= 4 is 23.5 Å². The molecule has 1 aliphatic rings. The van der Waals surface area contributed by atoms with Crippen molar-refractivity contribution in [2.24, 2.45) is 0 Å². The van der Waals surface area contributed by atoms with Crippen LogP contribution in [0.5, 0.6) is 0 Å². The minimum atomic E-state index is -0.697. The average molecular weight is 398 g/mol. The fourth-order valence-electron chi connectivity index (χ4n) is 2.98. The number of imide groups is 1. The van der Waals surface area contributed by atoms with E-state index in [0.29, 0.717) is 18.6 Å². The maximum Gasteiger partial charge on any atom is 0.338 e. The van der Waals surface area contributed by atoms with Crippen molar-refractivity contribution in [1.82, 2.24) is 4.90 Å². The molecule has 150 valence electrons. The Bertz CT molecular complexity index is 987. The van der Waals surface area contributed by atoms with Crippen molar-refractivity contribution in [1.29, 1.82) is 0 Å². The molecule has 0 spiro atoms. The summed E-state index contributed by atoms with van der Waals surface area (Å²) in [7, 11) is 1.54. The predicted molar refractivity (Wildman–Crippen MR) is 101 cm³/mol. The lowest BCUT2D eigenvalue weighted by atomic mass is 10.1. The van der Waals surface area contributed by atoms with Gasteiger partial charge in [-0.2, -0.15) is 0 Å². The van der Waals surface area contributed by atoms with Gasteiger partial charge in [-0.25, -0.2) is 4.79 Å². The van der Waals surface area contributed by atoms with E-state index < -0.39 is 22.7 Å². The molecular weight excluding hydrogens is 380 g/mol. The first-order valence-corrected chi connectivity index (χ1v) is 8.82. The van der Waals surface area contributed by atoms with Crippen LogP contribution in [-0.4, -0.2) is 47.9 Å². The number of nitrogens with zero attached hydrogens (tertiary/aromatic N) is 2. The molecule has 0 aromatic heterocycles. The van der Waals surface area contributed by atoms with E-state index in [9.17, 15) is 24.5 Å². The van der Waals surface area contributed by atoms with Crippen LogP contribution in [0.4, 0.5) is 5.69 Å². The number of methoxy groups -OCH3 is 1. The average Bonchev–Trinajstić information content (AvgIpc) is 2.96. The van der Waals surface area contributed by atoms with Crippen molar-refractivity contribution in [2.45, 2.75) is 13.0 Å². The van der Waals surface area contributed by atoms with E-state index in [1.165, 1.54) is 43.5 Å². The van der Waals surface area contributed by atoms with Gasteiger partial charge in [-0.3, -0.25) is 24.6 Å². The van der Waals surface area contributed by atoms with Gasteiger partial charge in [-0.15, -0.1) is 0 Å². The molecule has 1 heterocycles. The Kier molecular flexibility index (Phi) is 5.99. The van der Waals surface area contributed by atoms with E-state index in [0.717, 1.165) is 4.90 Å². The highest BCUT2D eigenvalue weighted by Gasteiger charge is 2.35. The summed E-state index contributed by atoms with van der Waals surface area (Å²) in [4.78, 5) is 48.6. The topological polar surface area (TPSA) is 116 Å². The fourth-order valence-corrected chi connectivity index (χ4v) is 2.98. The molecule has 2 amide bonds. The van der Waals surface area contributed by atoms with Crippen LogP contribution >= 0.6 is 0 Å². The predicted octanol–water partition coefficient (Wildman–Crippen LogP) is 2.58. The highest BCUT2D eigenvalue weighted by molar-refractivity contribution is 6.21. The number of ether oxygens (including phenoxy) is 2. The number of hydrogen-bond donors (Lipinski definition) is 0. The second-order valence-electron chi connectivity index (χ2n) is 6.37. The molecule has 9 heteroatoms. The summed E-state index contributed by atoms with van der Waals surface area (Å²) in [5, 5.41) is 10.8. The second-order valence-corrected chi connectivity index (χ2v) is 6.37. The third-order valence-electron chi connectivity index (χ3n) is 4.43. The number of hydrogen-bond acceptors (Lipinski definition) is 7. The first kappa shape index (κ1) is 20.2. The number of carbonyl (C=O) groups is 3. The molecule has 9 nitrogen and oxygen atoms in total. The number of carbonyl (C=O) groups excluding carboxylic acids is 3. The smallest absolute Gasteiger partial charge is 0.338 e. The third-order valence-corrected chi connectivity index (χ3v) is 4.43. The lowest BCUT2D eigenvalue weighted by Gasteiger charge is -2.12. The van der Waals surface area contributed by atoms with Crippen LogP contribution in [0.2, 0.25) is 0 Å². The molecule has 0 bridgehead atoms. The van der Waals surface area contributed by atoms with Gasteiger partial charge >= 0.3 is 5.97 Å². The van der Waals surface area contributed by atoms with Crippen LogP contribution in [0.25, 0.3) is 0 Å². The maximum atomic E-state index is 12.5. The summed E-state index contributed by atoms with van der Waals surface area (Å²) in [6.45, 7) is 0.489. The van der Waals surface area contributed by atoms with Crippen LogP contribution in [0.3, 0.4) is 0 Å². The van der Waals surface area contributed by atoms with E-state index in [4.69, 9.17) is 9.47 Å². The summed E-state index contributed by atoms with van der Waals surface area (Å²) in [6, 6.07) is 9.93. The Morgan fingerprint density at radius 3 is 2.59 bits per heavy atom. The molecule has 0 aliphatic carbocycles. The molecule has 2 aromatic carbocycles. The molecule has 2 aromatic rings. The lowest BCUT2D eigenvalue weighted by Crippen LogP contribution is -2.31. The number of esters is 1. The number of non-ortho nitro benzene ring substituents is 1. The molecule has 0 unspecified atom stereocenters. The Morgan fingerprint density at radius 1 is 1.10 bits per heavy atom. The Labute approximate surface area is 166 Å². The molecule has 3 rings (SSSR count). The monoisotopic (exact) mass is 398 g/mol. The Balaban J connectivity index is 1.70. The standard InChI is InChI=1S/C20H18N2O7/c1-28-9-3-8-21-18(23)16-7-6-14(11-17(16)19(21)24)20(25)29-12-13-4-2-5-15(10-13)22(26)27/h2,4-7,10-11H,3,8-9,12H2,1H3. The molecule has 0 N–H and O–H groups in total. The zero-order chi connectivity index (χ0) is 21.0. The fraction of sp³-hybridized carbons (Fsp3) is 0.250. The van der Waals surface area contributed by atoms with Gasteiger partial charge in [-0.1, -0.05) is 12.1 Å². The molecule has 29 heavy (non-hydrogen) atoms. The zero-order valence-electron chi connectivity index (χ0n) is 15.6. The van der Waals surface area contributed by atoms with Crippen molar-refractivity contribution < 1.29 is 28.8 Å². The maximum absolute atomic E-state index is 12.5. The SMILES string of the molecule is COCCCN1C(=O)c2ccc(C(=O)OCc3cccc([N+](=O)[O-])c3)cc2C1=O. The van der Waals surface area contributed by atoms with E-state index in [1.807, 2.05) is 0 Å². The number of rotatable bonds is 8. The summed E-state index contributed by atoms with van der Waals surface area (Å²) >= 11 is 0. The van der Waals surface area contributed by atoms with Gasteiger partial charge in [0.05, 0.1) is 21.6 Å². The van der Waals surface area contributed by atoms with Crippen molar-refractivity contribution in [3.05, 3.63) is 74.8 Å². The molecule has 1 aliphatic heterocycles. The number of benzene rings is 2. The van der Waals surface area contributed by atoms with Gasteiger partial charge in [0.1, 0.15) is 6.61 Å². The highest BCUT2D eigenvalue weighted by Crippen LogP contribution is 2.25. The van der Waals surface area contributed by atoms with E-state index >= 15 is 0 Å². The zero-order valence-corrected chi connectivity index (χ0v) is 15.6. The lowest BCUT2D eigenvalue weighted by molar-refractivity contribution is -0.384. The van der Waals surface area contributed by atoms with Crippen LogP contribution < -0.4 is 0 Å². The van der Waals surface area contributed by atoms with Crippen molar-refractivity contribution in [3.63, 3.8) is 0 Å². The van der Waals surface area contributed by atoms with E-state index in [1.54, 1.807) is 6.07 Å². The van der Waals surface area contributed by atoms with Crippen LogP contribution in [0, 0.1) is 10.1 Å². The summed E-state index contributed by atoms with van der Waals surface area (Å²) in [6.07, 6.45) is 0.514. The number of nitro benzene ring substituents is 1. The summed E-state index contributed by atoms with van der Waals surface area (Å²) < 4.78 is 10.1. The van der Waals surface area contributed by atoms with Gasteiger partial charge in [0.2, 0.25) is 0 Å². The normalized spacial score (nSPS) is 12.8. The minimum Gasteiger partial charge on any atom is -0.457 e. The van der Waals surface area contributed by atoms with E-state index in [-0.39, 0.29) is 35.5 Å². The largest absolute Gasteiger partial charge is 0.457 e. The van der Waals surface area contributed by atoms with Gasteiger partial charge in [0.25, 0.3) is 17.5 Å². The van der Waals surface area contributed by atoms with E-state index in [2.05, 4.69) is 0 Å². The number of amides is 2. The van der Waals surface area contributed by atoms with Gasteiger partial charge in [0.15, 0.2) is 0 Å². The molecule has 0 saturated carbocycles. The van der Waals surface area contributed by atoms with Crippen molar-refractivity contribution in [3.8, 4) is 0 Å². The van der Waals surface area contributed by atoms with Crippen LogP contribution in [0.1, 0.15) is 43.1 Å². The second kappa shape index (κ2) is 8.61. The van der Waals surface area contributed by atoms with Gasteiger partial charge in [0, 0.05) is 32.4 Å². The summed E-state index contributed by atoms with van der Waals surface area (Å²) in [5.74, 6) is -1.57. The molecule has 0 fully saturated rings. The Hall–Kier alpha value is -3.59. The first-order chi connectivity index (χ1) is 13.9. The molecule has 0 atom stereocenters. The summed E-state index contributed by atoms with van der Waals surface area (Å²) in [5.41, 5.74) is 0.868. The van der Waals surface area contributed by atoms with Crippen molar-refractivity contribution in [2.75, 3.05) is 20.3 Å².